The van der Waals surface area contributed by atoms with Crippen molar-refractivity contribution < 1.29 is 9.90 Å². The Morgan fingerprint density at radius 1 is 1.64 bits per heavy atom. The van der Waals surface area contributed by atoms with Crippen molar-refractivity contribution in [3.8, 4) is 0 Å². The van der Waals surface area contributed by atoms with Crippen molar-refractivity contribution in [2.24, 2.45) is 0 Å². The van der Waals surface area contributed by atoms with Crippen LogP contribution in [-0.4, -0.2) is 22.6 Å². The summed E-state index contributed by atoms with van der Waals surface area (Å²) < 4.78 is 0. The minimum atomic E-state index is -0.923. The molecule has 1 aromatic rings. The normalized spacial score (nSPS) is 10.6. The number of hydrogen-bond donors (Lipinski definition) is 2. The van der Waals surface area contributed by atoms with Gasteiger partial charge in [-0.05, 0) is 11.6 Å². The molecule has 0 aliphatic carbocycles. The molecular formula is C10H12N2O2. The fourth-order valence-corrected chi connectivity index (χ4v) is 0.962. The lowest BCUT2D eigenvalue weighted by Gasteiger charge is -1.99. The third kappa shape index (κ3) is 4.37. The number of hydrogen-bond acceptors (Lipinski definition) is 3. The SMILES string of the molecule is O=C(O)/C=C/CNCc1cccnc1. The summed E-state index contributed by atoms with van der Waals surface area (Å²) in [5, 5.41) is 11.4. The van der Waals surface area contributed by atoms with E-state index in [1.54, 1.807) is 18.5 Å². The van der Waals surface area contributed by atoms with Crippen molar-refractivity contribution in [2.45, 2.75) is 6.54 Å². The lowest BCUT2D eigenvalue weighted by atomic mass is 10.3. The Balaban J connectivity index is 2.19. The van der Waals surface area contributed by atoms with E-state index in [4.69, 9.17) is 5.11 Å². The number of carbonyl (C=O) groups is 1. The highest BCUT2D eigenvalue weighted by molar-refractivity contribution is 5.79. The van der Waals surface area contributed by atoms with E-state index in [9.17, 15) is 4.79 Å². The van der Waals surface area contributed by atoms with Crippen molar-refractivity contribution in [2.75, 3.05) is 6.54 Å². The standard InChI is InChI=1S/C10H12N2O2/c13-10(14)4-2-6-12-8-9-3-1-5-11-7-9/h1-5,7,12H,6,8H2,(H,13,14)/b4-2+. The average Bonchev–Trinajstić information content (AvgIpc) is 2.18. The molecule has 0 aliphatic rings. The van der Waals surface area contributed by atoms with Crippen molar-refractivity contribution in [1.29, 1.82) is 0 Å². The molecular weight excluding hydrogens is 180 g/mol. The Bertz CT molecular complexity index is 309. The molecule has 0 aromatic carbocycles. The van der Waals surface area contributed by atoms with E-state index in [0.29, 0.717) is 13.1 Å². The van der Waals surface area contributed by atoms with Crippen molar-refractivity contribution in [1.82, 2.24) is 10.3 Å². The van der Waals surface area contributed by atoms with Gasteiger partial charge in [-0.1, -0.05) is 12.1 Å². The first kappa shape index (κ1) is 10.4. The van der Waals surface area contributed by atoms with Crippen LogP contribution in [-0.2, 0) is 11.3 Å². The molecule has 1 aromatic heterocycles. The molecule has 0 unspecified atom stereocenters. The van der Waals surface area contributed by atoms with Crippen LogP contribution in [0.5, 0.6) is 0 Å². The minimum Gasteiger partial charge on any atom is -0.478 e. The quantitative estimate of drug-likeness (QED) is 0.535. The molecule has 0 bridgehead atoms. The molecule has 0 aliphatic heterocycles. The highest BCUT2D eigenvalue weighted by Crippen LogP contribution is 1.93. The summed E-state index contributed by atoms with van der Waals surface area (Å²) in [5.74, 6) is -0.923. The maximum Gasteiger partial charge on any atom is 0.328 e. The largest absolute Gasteiger partial charge is 0.478 e. The maximum atomic E-state index is 10.1. The molecule has 0 amide bonds. The second-order valence-electron chi connectivity index (χ2n) is 2.73. The molecule has 0 spiro atoms. The highest BCUT2D eigenvalue weighted by Gasteiger charge is 1.89. The van der Waals surface area contributed by atoms with Gasteiger partial charge in [-0.3, -0.25) is 4.98 Å². The summed E-state index contributed by atoms with van der Waals surface area (Å²) in [5.41, 5.74) is 1.08. The number of nitrogens with zero attached hydrogens (tertiary/aromatic N) is 1. The molecule has 0 radical (unpaired) electrons. The van der Waals surface area contributed by atoms with E-state index in [1.807, 2.05) is 12.1 Å². The van der Waals surface area contributed by atoms with E-state index in [-0.39, 0.29) is 0 Å². The molecule has 0 saturated carbocycles. The van der Waals surface area contributed by atoms with Gasteiger partial charge in [0.15, 0.2) is 0 Å². The second kappa shape index (κ2) is 5.88. The molecule has 4 heteroatoms. The van der Waals surface area contributed by atoms with Crippen LogP contribution >= 0.6 is 0 Å². The molecule has 0 saturated heterocycles. The molecule has 14 heavy (non-hydrogen) atoms. The zero-order valence-electron chi connectivity index (χ0n) is 7.68. The third-order valence-corrected chi connectivity index (χ3v) is 1.57. The van der Waals surface area contributed by atoms with Gasteiger partial charge in [0.05, 0.1) is 0 Å². The van der Waals surface area contributed by atoms with Crippen LogP contribution in [0.25, 0.3) is 0 Å². The fraction of sp³-hybridized carbons (Fsp3) is 0.200. The first-order valence-electron chi connectivity index (χ1n) is 4.28. The van der Waals surface area contributed by atoms with Gasteiger partial charge in [0.1, 0.15) is 0 Å². The number of nitrogens with one attached hydrogen (secondary N) is 1. The molecule has 74 valence electrons. The number of carboxylic acid groups (broad SMARTS) is 1. The van der Waals surface area contributed by atoms with Gasteiger partial charge in [0.25, 0.3) is 0 Å². The van der Waals surface area contributed by atoms with Crippen molar-refractivity contribution >= 4 is 5.97 Å². The molecule has 0 atom stereocenters. The van der Waals surface area contributed by atoms with Gasteiger partial charge >= 0.3 is 5.97 Å². The van der Waals surface area contributed by atoms with Crippen LogP contribution in [0.4, 0.5) is 0 Å². The smallest absolute Gasteiger partial charge is 0.328 e. The van der Waals surface area contributed by atoms with Crippen molar-refractivity contribution in [3.63, 3.8) is 0 Å². The summed E-state index contributed by atoms with van der Waals surface area (Å²) in [6, 6.07) is 3.82. The van der Waals surface area contributed by atoms with E-state index in [0.717, 1.165) is 11.6 Å². The first-order chi connectivity index (χ1) is 6.79. The van der Waals surface area contributed by atoms with Crippen molar-refractivity contribution in [3.05, 3.63) is 42.2 Å². The van der Waals surface area contributed by atoms with Gasteiger partial charge < -0.3 is 10.4 Å². The number of rotatable bonds is 5. The Morgan fingerprint density at radius 2 is 2.50 bits per heavy atom. The van der Waals surface area contributed by atoms with E-state index in [1.165, 1.54) is 0 Å². The van der Waals surface area contributed by atoms with Gasteiger partial charge in [-0.15, -0.1) is 0 Å². The highest BCUT2D eigenvalue weighted by atomic mass is 16.4. The summed E-state index contributed by atoms with van der Waals surface area (Å²) >= 11 is 0. The maximum absolute atomic E-state index is 10.1. The number of aromatic nitrogens is 1. The predicted molar refractivity (Wildman–Crippen MR) is 52.7 cm³/mol. The van der Waals surface area contributed by atoms with Crippen LogP contribution in [0.3, 0.4) is 0 Å². The lowest BCUT2D eigenvalue weighted by Crippen LogP contribution is -2.13. The van der Waals surface area contributed by atoms with E-state index < -0.39 is 5.97 Å². The summed E-state index contributed by atoms with van der Waals surface area (Å²) in [6.07, 6.45) is 6.18. The molecule has 1 heterocycles. The lowest BCUT2D eigenvalue weighted by molar-refractivity contribution is -0.131. The Hall–Kier alpha value is -1.68. The predicted octanol–water partition coefficient (Wildman–Crippen LogP) is 0.812. The summed E-state index contributed by atoms with van der Waals surface area (Å²) in [4.78, 5) is 14.1. The first-order valence-corrected chi connectivity index (χ1v) is 4.28. The topological polar surface area (TPSA) is 62.2 Å². The monoisotopic (exact) mass is 192 g/mol. The van der Waals surface area contributed by atoms with Crippen LogP contribution in [0, 0.1) is 0 Å². The summed E-state index contributed by atoms with van der Waals surface area (Å²) in [6.45, 7) is 1.24. The molecule has 1 rings (SSSR count). The van der Waals surface area contributed by atoms with Gasteiger partial charge in [0, 0.05) is 31.6 Å². The van der Waals surface area contributed by atoms with Crippen LogP contribution < -0.4 is 5.32 Å². The van der Waals surface area contributed by atoms with E-state index >= 15 is 0 Å². The zero-order chi connectivity index (χ0) is 10.2. The summed E-state index contributed by atoms with van der Waals surface area (Å²) in [7, 11) is 0. The number of carboxylic acids is 1. The Kier molecular flexibility index (Phi) is 4.37. The minimum absolute atomic E-state index is 0.543. The van der Waals surface area contributed by atoms with Gasteiger partial charge in [-0.2, -0.15) is 0 Å². The molecule has 4 nitrogen and oxygen atoms in total. The third-order valence-electron chi connectivity index (χ3n) is 1.57. The van der Waals surface area contributed by atoms with Gasteiger partial charge in [0.2, 0.25) is 0 Å². The zero-order valence-corrected chi connectivity index (χ0v) is 7.68. The van der Waals surface area contributed by atoms with Crippen LogP contribution in [0.15, 0.2) is 36.7 Å². The van der Waals surface area contributed by atoms with Crippen LogP contribution in [0.2, 0.25) is 0 Å². The second-order valence-corrected chi connectivity index (χ2v) is 2.73. The van der Waals surface area contributed by atoms with Gasteiger partial charge in [-0.25, -0.2) is 4.79 Å². The Labute approximate surface area is 82.3 Å². The fourth-order valence-electron chi connectivity index (χ4n) is 0.962. The Morgan fingerprint density at radius 3 is 3.14 bits per heavy atom. The molecule has 2 N–H and O–H groups in total. The van der Waals surface area contributed by atoms with Crippen LogP contribution in [0.1, 0.15) is 5.56 Å². The molecule has 0 fully saturated rings. The number of aliphatic carboxylic acids is 1. The van der Waals surface area contributed by atoms with E-state index in [2.05, 4.69) is 10.3 Å². The number of pyridine rings is 1. The average molecular weight is 192 g/mol.